The molecule has 0 aromatic heterocycles. The normalized spacial score (nSPS) is 12.2. The molecular formula is C24H24FNO4. The molecule has 0 radical (unpaired) electrons. The van der Waals surface area contributed by atoms with Gasteiger partial charge >= 0.3 is 5.97 Å². The molecule has 3 N–H and O–H groups in total. The number of quaternary nitrogens is 1. The molecule has 3 aromatic rings. The quantitative estimate of drug-likeness (QED) is 0.655. The van der Waals surface area contributed by atoms with Crippen LogP contribution in [0, 0.1) is 5.82 Å². The highest BCUT2D eigenvalue weighted by Crippen LogP contribution is 2.13. The minimum absolute atomic E-state index is 0.167. The first kappa shape index (κ1) is 22.8. The lowest BCUT2D eigenvalue weighted by Gasteiger charge is -2.17. The molecule has 6 heteroatoms. The van der Waals surface area contributed by atoms with E-state index in [4.69, 9.17) is 5.11 Å². The fourth-order valence-corrected chi connectivity index (χ4v) is 3.05. The van der Waals surface area contributed by atoms with Gasteiger partial charge in [-0.3, -0.25) is 0 Å². The van der Waals surface area contributed by atoms with Gasteiger partial charge in [0.15, 0.2) is 0 Å². The zero-order valence-electron chi connectivity index (χ0n) is 16.8. The van der Waals surface area contributed by atoms with Gasteiger partial charge in [0.2, 0.25) is 0 Å². The second-order valence-electron chi connectivity index (χ2n) is 6.87. The van der Waals surface area contributed by atoms with E-state index in [-0.39, 0.29) is 23.0 Å². The van der Waals surface area contributed by atoms with E-state index in [9.17, 15) is 19.1 Å². The predicted molar refractivity (Wildman–Crippen MR) is 109 cm³/mol. The fraction of sp³-hybridized carbons (Fsp3) is 0.167. The standard InChI is InChI=1S/C16H18FN.C8H6O4/c1-12(14-7-4-3-5-8-14)18-13(2)15-9-6-10-16(17)11-15;9-7(10)5-3-1-2-4-6(5)8(11)12/h3-13,18H,1-2H3;1-4H,(H,9,10)(H,11,12)/t12-,13-;/m0./s1. The Hall–Kier alpha value is -3.51. The van der Waals surface area contributed by atoms with Crippen LogP contribution in [0.5, 0.6) is 0 Å². The maximum absolute atomic E-state index is 13.2. The van der Waals surface area contributed by atoms with Gasteiger partial charge in [-0.05, 0) is 32.0 Å². The fourth-order valence-electron chi connectivity index (χ4n) is 3.05. The van der Waals surface area contributed by atoms with Crippen molar-refractivity contribution in [2.75, 3.05) is 0 Å². The summed E-state index contributed by atoms with van der Waals surface area (Å²) in [5.41, 5.74) is 1.76. The molecule has 0 saturated carbocycles. The van der Waals surface area contributed by atoms with Crippen LogP contribution in [0.3, 0.4) is 0 Å². The lowest BCUT2D eigenvalue weighted by Crippen LogP contribution is -2.85. The number of carboxylic acids is 2. The lowest BCUT2D eigenvalue weighted by molar-refractivity contribution is -0.728. The molecule has 0 aliphatic carbocycles. The van der Waals surface area contributed by atoms with Crippen molar-refractivity contribution in [1.29, 1.82) is 0 Å². The summed E-state index contributed by atoms with van der Waals surface area (Å²) in [6.45, 7) is 4.28. The SMILES string of the molecule is C[C@H]([NH2+][C@@H](C)c1cccc(F)c1)c1ccccc1.O=C([O-])c1ccccc1C(=O)O. The van der Waals surface area contributed by atoms with Gasteiger partial charge in [0.1, 0.15) is 17.9 Å². The number of hydrogen-bond donors (Lipinski definition) is 2. The van der Waals surface area contributed by atoms with E-state index in [1.807, 2.05) is 24.3 Å². The topological polar surface area (TPSA) is 94.0 Å². The van der Waals surface area contributed by atoms with Crippen LogP contribution in [0.25, 0.3) is 0 Å². The van der Waals surface area contributed by atoms with Gasteiger partial charge in [-0.2, -0.15) is 0 Å². The highest BCUT2D eigenvalue weighted by atomic mass is 19.1. The molecule has 0 saturated heterocycles. The van der Waals surface area contributed by atoms with Crippen molar-refractivity contribution in [3.63, 3.8) is 0 Å². The molecule has 0 heterocycles. The number of hydrogen-bond acceptors (Lipinski definition) is 3. The Morgan fingerprint density at radius 1 is 0.833 bits per heavy atom. The highest BCUT2D eigenvalue weighted by Gasteiger charge is 2.15. The molecule has 0 spiro atoms. The number of carbonyl (C=O) groups is 2. The first-order chi connectivity index (χ1) is 14.3. The van der Waals surface area contributed by atoms with Crippen LogP contribution in [-0.4, -0.2) is 17.0 Å². The van der Waals surface area contributed by atoms with E-state index in [1.54, 1.807) is 12.1 Å². The van der Waals surface area contributed by atoms with Crippen molar-refractivity contribution in [2.45, 2.75) is 25.9 Å². The summed E-state index contributed by atoms with van der Waals surface area (Å²) >= 11 is 0. The summed E-state index contributed by atoms with van der Waals surface area (Å²) in [5, 5.41) is 21.1. The van der Waals surface area contributed by atoms with Crippen LogP contribution in [-0.2, 0) is 0 Å². The monoisotopic (exact) mass is 409 g/mol. The van der Waals surface area contributed by atoms with E-state index in [0.29, 0.717) is 6.04 Å². The Labute approximate surface area is 174 Å². The van der Waals surface area contributed by atoms with Gasteiger partial charge in [-0.15, -0.1) is 0 Å². The van der Waals surface area contributed by atoms with Crippen molar-refractivity contribution in [3.8, 4) is 0 Å². The molecule has 30 heavy (non-hydrogen) atoms. The average molecular weight is 409 g/mol. The van der Waals surface area contributed by atoms with Crippen LogP contribution in [0.2, 0.25) is 0 Å². The Bertz CT molecular complexity index is 958. The highest BCUT2D eigenvalue weighted by molar-refractivity contribution is 6.00. The predicted octanol–water partition coefficient (Wildman–Crippen LogP) is 2.96. The van der Waals surface area contributed by atoms with E-state index >= 15 is 0 Å². The Kier molecular flexibility index (Phi) is 8.26. The largest absolute Gasteiger partial charge is 0.545 e. The number of aromatic carboxylic acids is 2. The summed E-state index contributed by atoms with van der Waals surface area (Å²) in [6, 6.07) is 23.1. The summed E-state index contributed by atoms with van der Waals surface area (Å²) < 4.78 is 13.2. The van der Waals surface area contributed by atoms with Crippen molar-refractivity contribution in [1.82, 2.24) is 0 Å². The second kappa shape index (κ2) is 10.9. The average Bonchev–Trinajstić information content (AvgIpc) is 2.74. The van der Waals surface area contributed by atoms with Gasteiger partial charge in [-0.1, -0.05) is 60.7 Å². The number of carbonyl (C=O) groups excluding carboxylic acids is 1. The van der Waals surface area contributed by atoms with Crippen LogP contribution in [0.4, 0.5) is 4.39 Å². The van der Waals surface area contributed by atoms with Gasteiger partial charge in [0, 0.05) is 16.7 Å². The molecule has 0 aliphatic heterocycles. The van der Waals surface area contributed by atoms with E-state index in [1.165, 1.54) is 35.9 Å². The zero-order valence-corrected chi connectivity index (χ0v) is 16.8. The van der Waals surface area contributed by atoms with E-state index in [0.717, 1.165) is 5.56 Å². The van der Waals surface area contributed by atoms with Crippen LogP contribution in [0.1, 0.15) is 57.8 Å². The summed E-state index contributed by atoms with van der Waals surface area (Å²) in [7, 11) is 0. The number of halogens is 1. The molecule has 0 unspecified atom stereocenters. The third-order valence-electron chi connectivity index (χ3n) is 4.65. The summed E-state index contributed by atoms with van der Waals surface area (Å²) in [4.78, 5) is 20.8. The van der Waals surface area contributed by atoms with Crippen LogP contribution >= 0.6 is 0 Å². The molecule has 0 fully saturated rings. The third kappa shape index (κ3) is 6.53. The molecule has 0 amide bonds. The molecule has 0 bridgehead atoms. The van der Waals surface area contributed by atoms with E-state index in [2.05, 4.69) is 31.3 Å². The Morgan fingerprint density at radius 2 is 1.37 bits per heavy atom. The lowest BCUT2D eigenvalue weighted by atomic mass is 10.0. The van der Waals surface area contributed by atoms with Gasteiger partial charge in [0.25, 0.3) is 0 Å². The molecular weight excluding hydrogens is 385 g/mol. The summed E-state index contributed by atoms with van der Waals surface area (Å²) in [6.07, 6.45) is 0. The maximum atomic E-state index is 13.2. The molecule has 5 nitrogen and oxygen atoms in total. The Balaban J connectivity index is 0.000000232. The van der Waals surface area contributed by atoms with Crippen molar-refractivity contribution in [2.24, 2.45) is 0 Å². The van der Waals surface area contributed by atoms with Crippen molar-refractivity contribution >= 4 is 11.9 Å². The zero-order chi connectivity index (χ0) is 22.1. The van der Waals surface area contributed by atoms with Crippen LogP contribution in [0.15, 0.2) is 78.9 Å². The molecule has 156 valence electrons. The molecule has 3 rings (SSSR count). The maximum Gasteiger partial charge on any atom is 0.336 e. The molecule has 2 atom stereocenters. The number of nitrogens with two attached hydrogens (primary N) is 1. The van der Waals surface area contributed by atoms with Crippen molar-refractivity contribution < 1.29 is 29.5 Å². The van der Waals surface area contributed by atoms with Gasteiger partial charge in [-0.25, -0.2) is 9.18 Å². The second-order valence-corrected chi connectivity index (χ2v) is 6.87. The third-order valence-corrected chi connectivity index (χ3v) is 4.65. The minimum atomic E-state index is -1.48. The number of carboxylic acid groups (broad SMARTS) is 2. The minimum Gasteiger partial charge on any atom is -0.545 e. The number of rotatable bonds is 6. The smallest absolute Gasteiger partial charge is 0.336 e. The van der Waals surface area contributed by atoms with Crippen molar-refractivity contribution in [3.05, 3.63) is 107 Å². The van der Waals surface area contributed by atoms with Gasteiger partial charge < -0.3 is 20.3 Å². The summed E-state index contributed by atoms with van der Waals surface area (Å²) in [5.74, 6) is -2.91. The van der Waals surface area contributed by atoms with Gasteiger partial charge in [0.05, 0.1) is 11.5 Å². The first-order valence-electron chi connectivity index (χ1n) is 9.48. The molecule has 0 aliphatic rings. The first-order valence-corrected chi connectivity index (χ1v) is 9.48. The van der Waals surface area contributed by atoms with Crippen LogP contribution < -0.4 is 10.4 Å². The molecule has 3 aromatic carbocycles. The van der Waals surface area contributed by atoms with E-state index < -0.39 is 11.9 Å². The number of benzene rings is 3. The Morgan fingerprint density at radius 3 is 1.90 bits per heavy atom.